The zero-order chi connectivity index (χ0) is 38.7. The summed E-state index contributed by atoms with van der Waals surface area (Å²) in [4.78, 5) is 3.09. The van der Waals surface area contributed by atoms with Crippen LogP contribution in [0.5, 0.6) is 0 Å². The molecule has 1 spiro atoms. The molecule has 13 saturated carbocycles. The van der Waals surface area contributed by atoms with Crippen LogP contribution in [0.3, 0.4) is 0 Å². The molecule has 0 radical (unpaired) electrons. The molecule has 0 N–H and O–H groups in total. The first-order chi connectivity index (χ1) is 30.2. The molecule has 14 fully saturated rings. The summed E-state index contributed by atoms with van der Waals surface area (Å²) in [5.41, 5.74) is 13.4. The molecule has 19 rings (SSSR count). The number of methoxy groups -OCH3 is 1. The van der Waals surface area contributed by atoms with Gasteiger partial charge in [0.1, 0.15) is 0 Å². The van der Waals surface area contributed by atoms with Gasteiger partial charge in [0, 0.05) is 43.5 Å². The Morgan fingerprint density at radius 1 is 0.574 bits per heavy atom. The van der Waals surface area contributed by atoms with Crippen LogP contribution in [0.4, 0.5) is 0 Å². The molecular formula is C58H65NO2. The van der Waals surface area contributed by atoms with Gasteiger partial charge in [0.15, 0.2) is 0 Å². The van der Waals surface area contributed by atoms with E-state index in [1.165, 1.54) is 36.4 Å². The molecule has 314 valence electrons. The third kappa shape index (κ3) is 3.29. The van der Waals surface area contributed by atoms with Crippen molar-refractivity contribution in [2.75, 3.05) is 40.0 Å². The van der Waals surface area contributed by atoms with E-state index in [1.54, 1.807) is 44.1 Å². The highest BCUT2D eigenvalue weighted by Crippen LogP contribution is 2.93. The molecule has 16 aliphatic carbocycles. The number of likely N-dealkylation sites (tertiary alicyclic amines) is 1. The van der Waals surface area contributed by atoms with Crippen LogP contribution in [0.25, 0.3) is 11.1 Å². The van der Waals surface area contributed by atoms with Crippen LogP contribution in [-0.4, -0.2) is 44.9 Å². The van der Waals surface area contributed by atoms with Crippen LogP contribution in [0.2, 0.25) is 0 Å². The molecule has 17 aliphatic rings. The molecule has 28 unspecified atom stereocenters. The Morgan fingerprint density at radius 3 is 1.97 bits per heavy atom. The number of nitrogens with zero attached hydrogens (tertiary/aromatic N) is 1. The molecule has 61 heavy (non-hydrogen) atoms. The second kappa shape index (κ2) is 10.6. The molecule has 2 aromatic rings. The molecule has 28 atom stereocenters. The van der Waals surface area contributed by atoms with Crippen molar-refractivity contribution in [2.45, 2.75) is 57.4 Å². The lowest BCUT2D eigenvalue weighted by Gasteiger charge is -2.62. The maximum absolute atomic E-state index is 6.44. The first kappa shape index (κ1) is 33.3. The molecule has 1 saturated heterocycles. The van der Waals surface area contributed by atoms with Gasteiger partial charge in [0.2, 0.25) is 0 Å². The molecule has 0 aromatic heterocycles. The van der Waals surface area contributed by atoms with E-state index in [0.29, 0.717) is 24.7 Å². The molecule has 1 aliphatic heterocycles. The summed E-state index contributed by atoms with van der Waals surface area (Å²) in [6.45, 7) is 4.61. The standard InChI is InChI=1S/C58H65NO2/c1-60-13-14-61-12-11-59-23-35-34-21-32-19-29-17-30-16-27-15-28-18-31-20-33-22-58(35,57(59)26-9-7-25(8-10-26)24-5-3-2-4-6-24)56-42(33)47-41(31)46-37(28)36(27)44-40(30)45-38(29)39(32)48-43(34)55(56)54-52(47)50(46)49(44)51(45)53(48)54/h2-10,27-31,33,35-38,40-42,44-57H,11-23H2,1H3. The fourth-order valence-electron chi connectivity index (χ4n) is 27.1. The van der Waals surface area contributed by atoms with Crippen LogP contribution in [0.15, 0.2) is 76.9 Å². The topological polar surface area (TPSA) is 21.7 Å². The lowest BCUT2D eigenvalue weighted by atomic mass is 9.41. The van der Waals surface area contributed by atoms with Crippen LogP contribution in [-0.2, 0) is 9.47 Å². The minimum atomic E-state index is 0.378. The van der Waals surface area contributed by atoms with E-state index in [9.17, 15) is 0 Å². The Morgan fingerprint density at radius 2 is 1.20 bits per heavy atom. The monoisotopic (exact) mass is 808 g/mol. The van der Waals surface area contributed by atoms with E-state index < -0.39 is 0 Å². The number of benzene rings is 2. The summed E-state index contributed by atoms with van der Waals surface area (Å²) in [6.07, 6.45) is 12.8. The lowest BCUT2D eigenvalue weighted by molar-refractivity contribution is -0.149. The number of ether oxygens (including phenoxy) is 2. The van der Waals surface area contributed by atoms with Gasteiger partial charge < -0.3 is 9.47 Å². The number of rotatable bonds is 8. The molecule has 3 heteroatoms. The van der Waals surface area contributed by atoms with Gasteiger partial charge in [0.25, 0.3) is 0 Å². The second-order valence-corrected chi connectivity index (χ2v) is 26.2. The number of hydrogen-bond acceptors (Lipinski definition) is 3. The fraction of sp³-hybridized carbons (Fsp3) is 0.724. The molecule has 3 nitrogen and oxygen atoms in total. The summed E-state index contributed by atoms with van der Waals surface area (Å²) in [5.74, 6) is 27.6. The summed E-state index contributed by atoms with van der Waals surface area (Å²) in [7, 11) is 1.82. The minimum absolute atomic E-state index is 0.378. The largest absolute Gasteiger partial charge is 0.382 e. The van der Waals surface area contributed by atoms with Crippen molar-refractivity contribution in [1.29, 1.82) is 0 Å². The van der Waals surface area contributed by atoms with Crippen molar-refractivity contribution in [2.24, 2.45) is 159 Å². The normalized spacial score (nSPS) is 61.0. The minimum Gasteiger partial charge on any atom is -0.382 e. The maximum atomic E-state index is 6.44. The molecular weight excluding hydrogens is 743 g/mol. The highest BCUT2D eigenvalue weighted by molar-refractivity contribution is 5.64. The van der Waals surface area contributed by atoms with E-state index >= 15 is 0 Å². The van der Waals surface area contributed by atoms with Crippen LogP contribution in [0, 0.1) is 159 Å². The van der Waals surface area contributed by atoms with E-state index in [0.717, 1.165) is 161 Å². The Hall–Kier alpha value is -2.20. The molecule has 0 amide bonds. The third-order valence-electron chi connectivity index (χ3n) is 26.2. The number of allylic oxidation sites excluding steroid dienone is 3. The zero-order valence-electron chi connectivity index (χ0n) is 36.2. The van der Waals surface area contributed by atoms with E-state index in [4.69, 9.17) is 9.47 Å². The first-order valence-corrected chi connectivity index (χ1v) is 26.6. The Balaban J connectivity index is 0.857. The Kier molecular flexibility index (Phi) is 5.77. The van der Waals surface area contributed by atoms with Gasteiger partial charge in [-0.15, -0.1) is 0 Å². The average molecular weight is 808 g/mol. The fourth-order valence-corrected chi connectivity index (χ4v) is 27.1. The van der Waals surface area contributed by atoms with Crippen molar-refractivity contribution in [3.63, 3.8) is 0 Å². The van der Waals surface area contributed by atoms with Gasteiger partial charge >= 0.3 is 0 Å². The predicted octanol–water partition coefficient (Wildman–Crippen LogP) is 10.3. The van der Waals surface area contributed by atoms with Crippen molar-refractivity contribution >= 4 is 0 Å². The number of hydrogen-bond donors (Lipinski definition) is 0. The Bertz CT molecular complexity index is 2420. The average Bonchev–Trinajstić information content (AvgIpc) is 4.14. The summed E-state index contributed by atoms with van der Waals surface area (Å²) in [6, 6.07) is 22.1. The van der Waals surface area contributed by atoms with Gasteiger partial charge in [0.05, 0.1) is 19.8 Å². The predicted molar refractivity (Wildman–Crippen MR) is 233 cm³/mol. The van der Waals surface area contributed by atoms with Crippen molar-refractivity contribution in [1.82, 2.24) is 4.90 Å². The first-order valence-electron chi connectivity index (χ1n) is 26.6. The van der Waals surface area contributed by atoms with Gasteiger partial charge in [-0.1, -0.05) is 76.9 Å². The lowest BCUT2D eigenvalue weighted by Crippen LogP contribution is -2.59. The summed E-state index contributed by atoms with van der Waals surface area (Å²) < 4.78 is 11.9. The van der Waals surface area contributed by atoms with Crippen LogP contribution < -0.4 is 0 Å². The second-order valence-electron chi connectivity index (χ2n) is 26.2. The van der Waals surface area contributed by atoms with Crippen LogP contribution in [0.1, 0.15) is 63.0 Å². The highest BCUT2D eigenvalue weighted by atomic mass is 16.5. The number of fused-ring (bicyclic) bond motifs is 1. The quantitative estimate of drug-likeness (QED) is 0.196. The highest BCUT2D eigenvalue weighted by Gasteiger charge is 2.88. The van der Waals surface area contributed by atoms with Gasteiger partial charge in [-0.3, -0.25) is 4.90 Å². The molecule has 2 aromatic carbocycles. The summed E-state index contributed by atoms with van der Waals surface area (Å²) >= 11 is 0. The van der Waals surface area contributed by atoms with E-state index in [-0.39, 0.29) is 0 Å². The van der Waals surface area contributed by atoms with E-state index in [2.05, 4.69) is 81.8 Å². The van der Waals surface area contributed by atoms with Gasteiger partial charge in [-0.05, 0) is 210 Å². The van der Waals surface area contributed by atoms with Crippen molar-refractivity contribution < 1.29 is 9.47 Å². The van der Waals surface area contributed by atoms with Crippen molar-refractivity contribution in [3.8, 4) is 11.1 Å². The SMILES string of the molecule is COCCOCCN1CC2C3=C4C5C6=C(C3)CC3CC7CC8CC9CC%10CC%11CC2(C2C4C4C5C5C(C63)C7C3C8C9C6C%10C(C4C6C35)C%112)C1c1ccc(-c2ccccc2)cc1. The van der Waals surface area contributed by atoms with Gasteiger partial charge in [-0.25, -0.2) is 0 Å². The zero-order valence-corrected chi connectivity index (χ0v) is 36.2. The van der Waals surface area contributed by atoms with Crippen LogP contribution >= 0.6 is 0 Å². The van der Waals surface area contributed by atoms with Gasteiger partial charge in [-0.2, -0.15) is 0 Å². The van der Waals surface area contributed by atoms with E-state index in [1.807, 2.05) is 7.11 Å². The maximum Gasteiger partial charge on any atom is 0.0700 e. The summed E-state index contributed by atoms with van der Waals surface area (Å²) in [5, 5.41) is 0. The Labute approximate surface area is 363 Å². The molecule has 1 heterocycles. The van der Waals surface area contributed by atoms with Crippen molar-refractivity contribution in [3.05, 3.63) is 82.5 Å². The smallest absolute Gasteiger partial charge is 0.0700 e. The third-order valence-corrected chi connectivity index (χ3v) is 26.2. The molecule has 0 bridgehead atoms.